The lowest BCUT2D eigenvalue weighted by Gasteiger charge is -2.17. The summed E-state index contributed by atoms with van der Waals surface area (Å²) in [6.45, 7) is 4.03. The Bertz CT molecular complexity index is 451. The molecule has 4 nitrogen and oxygen atoms in total. The molecule has 0 saturated carbocycles. The average Bonchev–Trinajstić information content (AvgIpc) is 2.83. The fourth-order valence-electron chi connectivity index (χ4n) is 1.64. The molecule has 0 N–H and O–H groups in total. The van der Waals surface area contributed by atoms with Crippen molar-refractivity contribution in [2.45, 2.75) is 19.8 Å². The summed E-state index contributed by atoms with van der Waals surface area (Å²) in [5, 5.41) is 2.84. The zero-order chi connectivity index (χ0) is 11.7. The average molecular weight is 236 g/mol. The lowest BCUT2D eigenvalue weighted by molar-refractivity contribution is -0.137. The van der Waals surface area contributed by atoms with Gasteiger partial charge in [-0.1, -0.05) is 6.92 Å². The maximum atomic E-state index is 11.6. The molecule has 1 aliphatic rings. The molecule has 0 radical (unpaired) electrons. The summed E-state index contributed by atoms with van der Waals surface area (Å²) in [7, 11) is 0. The van der Waals surface area contributed by atoms with Gasteiger partial charge < -0.3 is 0 Å². The smallest absolute Gasteiger partial charge is 0.256 e. The Kier molecular flexibility index (Phi) is 2.87. The van der Waals surface area contributed by atoms with Crippen LogP contribution in [0.5, 0.6) is 0 Å². The van der Waals surface area contributed by atoms with E-state index in [1.807, 2.05) is 12.3 Å². The first-order valence-corrected chi connectivity index (χ1v) is 5.91. The van der Waals surface area contributed by atoms with E-state index >= 15 is 0 Å². The number of thiazole rings is 1. The first kappa shape index (κ1) is 11.0. The Morgan fingerprint density at radius 2 is 2.25 bits per heavy atom. The second-order valence-electron chi connectivity index (χ2n) is 3.85. The number of hydrogen-bond donors (Lipinski definition) is 0. The zero-order valence-electron chi connectivity index (χ0n) is 9.14. The fraction of sp³-hybridized carbons (Fsp3) is 0.364. The predicted octanol–water partition coefficient (Wildman–Crippen LogP) is 1.56. The zero-order valence-corrected chi connectivity index (χ0v) is 9.95. The third-order valence-corrected chi connectivity index (χ3v) is 3.53. The highest BCUT2D eigenvalue weighted by molar-refractivity contribution is 7.09. The summed E-state index contributed by atoms with van der Waals surface area (Å²) in [5.74, 6) is -0.313. The van der Waals surface area contributed by atoms with Gasteiger partial charge in [-0.3, -0.25) is 14.5 Å². The van der Waals surface area contributed by atoms with Crippen LogP contribution in [0.25, 0.3) is 0 Å². The number of nitrogens with zero attached hydrogens (tertiary/aromatic N) is 2. The van der Waals surface area contributed by atoms with E-state index in [9.17, 15) is 9.59 Å². The predicted molar refractivity (Wildman–Crippen MR) is 61.0 cm³/mol. The van der Waals surface area contributed by atoms with Crippen molar-refractivity contribution >= 4 is 23.2 Å². The number of aromatic nitrogens is 1. The highest BCUT2D eigenvalue weighted by Crippen LogP contribution is 2.21. The first-order chi connectivity index (χ1) is 7.59. The van der Waals surface area contributed by atoms with Gasteiger partial charge in [0.1, 0.15) is 0 Å². The minimum atomic E-state index is -0.217. The number of rotatable bonds is 3. The molecule has 16 heavy (non-hydrogen) atoms. The van der Waals surface area contributed by atoms with Crippen LogP contribution in [0.4, 0.5) is 0 Å². The van der Waals surface area contributed by atoms with Crippen molar-refractivity contribution in [3.05, 3.63) is 28.2 Å². The summed E-state index contributed by atoms with van der Waals surface area (Å²) in [6.07, 6.45) is 3.12. The van der Waals surface area contributed by atoms with Crippen LogP contribution < -0.4 is 0 Å². The number of imide groups is 1. The van der Waals surface area contributed by atoms with Crippen LogP contribution in [0.15, 0.2) is 23.2 Å². The Balaban J connectivity index is 2.07. The number of amides is 2. The number of hydrogen-bond acceptors (Lipinski definition) is 4. The van der Waals surface area contributed by atoms with Gasteiger partial charge >= 0.3 is 0 Å². The van der Waals surface area contributed by atoms with E-state index in [2.05, 4.69) is 4.98 Å². The van der Waals surface area contributed by atoms with Gasteiger partial charge in [-0.15, -0.1) is 11.3 Å². The largest absolute Gasteiger partial charge is 0.274 e. The van der Waals surface area contributed by atoms with Crippen molar-refractivity contribution in [2.24, 2.45) is 0 Å². The molecule has 2 rings (SSSR count). The van der Waals surface area contributed by atoms with Crippen LogP contribution in [0.3, 0.4) is 0 Å². The highest BCUT2D eigenvalue weighted by atomic mass is 32.1. The lowest BCUT2D eigenvalue weighted by Crippen LogP contribution is -2.34. The van der Waals surface area contributed by atoms with E-state index in [1.165, 1.54) is 11.0 Å². The summed E-state index contributed by atoms with van der Waals surface area (Å²) < 4.78 is 0. The van der Waals surface area contributed by atoms with Crippen LogP contribution in [-0.2, 0) is 9.59 Å². The van der Waals surface area contributed by atoms with Gasteiger partial charge in [-0.2, -0.15) is 0 Å². The molecule has 0 aliphatic carbocycles. The molecule has 5 heteroatoms. The van der Waals surface area contributed by atoms with E-state index in [4.69, 9.17) is 0 Å². The Hall–Kier alpha value is -1.49. The molecule has 1 unspecified atom stereocenters. The molecule has 84 valence electrons. The molecule has 0 fully saturated rings. The van der Waals surface area contributed by atoms with Gasteiger partial charge in [0, 0.05) is 35.7 Å². The second-order valence-corrected chi connectivity index (χ2v) is 4.78. The molecule has 1 aromatic heterocycles. The maximum Gasteiger partial charge on any atom is 0.256 e. The van der Waals surface area contributed by atoms with Crippen LogP contribution in [0, 0.1) is 0 Å². The SMILES string of the molecule is CC1=CC(=O)N(CC(C)c2nccs2)C1=O. The lowest BCUT2D eigenvalue weighted by atomic mass is 10.2. The minimum Gasteiger partial charge on any atom is -0.274 e. The van der Waals surface area contributed by atoms with Crippen molar-refractivity contribution in [3.8, 4) is 0 Å². The van der Waals surface area contributed by atoms with Crippen LogP contribution >= 0.6 is 11.3 Å². The van der Waals surface area contributed by atoms with Crippen molar-refractivity contribution in [2.75, 3.05) is 6.54 Å². The molecule has 2 heterocycles. The molecular weight excluding hydrogens is 224 g/mol. The quantitative estimate of drug-likeness (QED) is 0.748. The highest BCUT2D eigenvalue weighted by Gasteiger charge is 2.29. The van der Waals surface area contributed by atoms with Gasteiger partial charge in [0.15, 0.2) is 0 Å². The third-order valence-electron chi connectivity index (χ3n) is 2.52. The van der Waals surface area contributed by atoms with Crippen LogP contribution in [0.2, 0.25) is 0 Å². The number of carbonyl (C=O) groups is 2. The third kappa shape index (κ3) is 1.90. The van der Waals surface area contributed by atoms with E-state index in [0.29, 0.717) is 12.1 Å². The van der Waals surface area contributed by atoms with Gasteiger partial charge in [-0.05, 0) is 6.92 Å². The standard InChI is InChI=1S/C11H12N2O2S/c1-7-5-9(14)13(11(7)15)6-8(2)10-12-3-4-16-10/h3-5,8H,6H2,1-2H3. The van der Waals surface area contributed by atoms with Crippen LogP contribution in [0.1, 0.15) is 24.8 Å². The van der Waals surface area contributed by atoms with Crippen molar-refractivity contribution in [3.63, 3.8) is 0 Å². The van der Waals surface area contributed by atoms with Crippen LogP contribution in [-0.4, -0.2) is 28.2 Å². The summed E-state index contributed by atoms with van der Waals surface area (Å²) in [5.41, 5.74) is 0.510. The minimum absolute atomic E-state index is 0.0900. The normalized spacial score (nSPS) is 17.9. The molecule has 0 bridgehead atoms. The Morgan fingerprint density at radius 3 is 2.75 bits per heavy atom. The number of carbonyl (C=O) groups excluding carboxylic acids is 2. The monoisotopic (exact) mass is 236 g/mol. The van der Waals surface area contributed by atoms with Gasteiger partial charge in [0.05, 0.1) is 5.01 Å². The Labute approximate surface area is 97.6 Å². The summed E-state index contributed by atoms with van der Waals surface area (Å²) in [4.78, 5) is 28.6. The Morgan fingerprint density at radius 1 is 1.50 bits per heavy atom. The fourth-order valence-corrected chi connectivity index (χ4v) is 2.33. The molecular formula is C11H12N2O2S. The van der Waals surface area contributed by atoms with E-state index in [1.54, 1.807) is 24.5 Å². The van der Waals surface area contributed by atoms with Gasteiger partial charge in [0.25, 0.3) is 11.8 Å². The topological polar surface area (TPSA) is 50.3 Å². The molecule has 0 aromatic carbocycles. The van der Waals surface area contributed by atoms with Gasteiger partial charge in [-0.25, -0.2) is 4.98 Å². The van der Waals surface area contributed by atoms with Crippen molar-refractivity contribution < 1.29 is 9.59 Å². The molecule has 0 spiro atoms. The van der Waals surface area contributed by atoms with E-state index in [0.717, 1.165) is 5.01 Å². The molecule has 1 aliphatic heterocycles. The molecule has 2 amide bonds. The maximum absolute atomic E-state index is 11.6. The first-order valence-electron chi connectivity index (χ1n) is 5.03. The molecule has 1 atom stereocenters. The second kappa shape index (κ2) is 4.17. The molecule has 1 aromatic rings. The molecule has 0 saturated heterocycles. The summed E-state index contributed by atoms with van der Waals surface area (Å²) in [6, 6.07) is 0. The van der Waals surface area contributed by atoms with Crippen molar-refractivity contribution in [1.29, 1.82) is 0 Å². The van der Waals surface area contributed by atoms with Gasteiger partial charge in [0.2, 0.25) is 0 Å². The van der Waals surface area contributed by atoms with E-state index in [-0.39, 0.29) is 17.7 Å². The van der Waals surface area contributed by atoms with E-state index < -0.39 is 0 Å². The van der Waals surface area contributed by atoms with Crippen molar-refractivity contribution in [1.82, 2.24) is 9.88 Å². The summed E-state index contributed by atoms with van der Waals surface area (Å²) >= 11 is 1.54.